The monoisotopic (exact) mass is 334 g/mol. The SMILES string of the molecule is c1ccc(-c2ccc3c(c2)Nc2cc(-c4ccccc4)ccc2N3)cc1. The van der Waals surface area contributed by atoms with Crippen LogP contribution >= 0.6 is 0 Å². The van der Waals surface area contributed by atoms with Crippen LogP contribution in [0, 0.1) is 0 Å². The van der Waals surface area contributed by atoms with Gasteiger partial charge in [-0.15, -0.1) is 0 Å². The number of nitrogens with one attached hydrogen (secondary N) is 2. The first-order chi connectivity index (χ1) is 12.9. The number of rotatable bonds is 2. The smallest absolute Gasteiger partial charge is 0.0630 e. The van der Waals surface area contributed by atoms with Crippen LogP contribution in [0.3, 0.4) is 0 Å². The summed E-state index contributed by atoms with van der Waals surface area (Å²) in [6.45, 7) is 0. The summed E-state index contributed by atoms with van der Waals surface area (Å²) in [6.07, 6.45) is 0. The van der Waals surface area contributed by atoms with E-state index in [1.807, 2.05) is 12.1 Å². The average Bonchev–Trinajstić information content (AvgIpc) is 2.73. The zero-order valence-corrected chi connectivity index (χ0v) is 14.2. The summed E-state index contributed by atoms with van der Waals surface area (Å²) in [5.41, 5.74) is 9.27. The Kier molecular flexibility index (Phi) is 3.46. The molecule has 2 heteroatoms. The molecule has 0 aromatic heterocycles. The van der Waals surface area contributed by atoms with Crippen LogP contribution in [-0.4, -0.2) is 0 Å². The minimum absolute atomic E-state index is 1.10. The Labute approximate surface area is 153 Å². The first kappa shape index (κ1) is 14.8. The van der Waals surface area contributed by atoms with Gasteiger partial charge in [0.05, 0.1) is 22.7 Å². The van der Waals surface area contributed by atoms with Gasteiger partial charge in [-0.2, -0.15) is 0 Å². The zero-order chi connectivity index (χ0) is 17.3. The van der Waals surface area contributed by atoms with Gasteiger partial charge in [0.1, 0.15) is 0 Å². The zero-order valence-electron chi connectivity index (χ0n) is 14.2. The van der Waals surface area contributed by atoms with E-state index in [0.29, 0.717) is 0 Å². The van der Waals surface area contributed by atoms with Crippen molar-refractivity contribution in [2.45, 2.75) is 0 Å². The van der Waals surface area contributed by atoms with E-state index >= 15 is 0 Å². The van der Waals surface area contributed by atoms with Gasteiger partial charge in [0.2, 0.25) is 0 Å². The lowest BCUT2D eigenvalue weighted by atomic mass is 10.0. The summed E-state index contributed by atoms with van der Waals surface area (Å²) in [5, 5.41) is 7.13. The second-order valence-electron chi connectivity index (χ2n) is 6.50. The molecule has 2 N–H and O–H groups in total. The second kappa shape index (κ2) is 6.08. The standard InChI is InChI=1S/C24H18N2/c1-3-7-17(8-4-1)19-11-13-21-23(15-19)26-24-16-20(12-14-22(24)25-21)18-9-5-2-6-10-18/h1-16,25-26H. The maximum atomic E-state index is 3.60. The Hall–Kier alpha value is -3.52. The van der Waals surface area contributed by atoms with Crippen LogP contribution in [0.2, 0.25) is 0 Å². The van der Waals surface area contributed by atoms with Gasteiger partial charge in [-0.1, -0.05) is 72.8 Å². The molecule has 0 saturated carbocycles. The van der Waals surface area contributed by atoms with Crippen LogP contribution in [0.5, 0.6) is 0 Å². The third-order valence-corrected chi connectivity index (χ3v) is 4.79. The normalized spacial score (nSPS) is 11.7. The van der Waals surface area contributed by atoms with Crippen molar-refractivity contribution < 1.29 is 0 Å². The number of hydrogen-bond donors (Lipinski definition) is 2. The predicted molar refractivity (Wildman–Crippen MR) is 110 cm³/mol. The number of benzene rings is 4. The molecular weight excluding hydrogens is 316 g/mol. The molecule has 1 heterocycles. The van der Waals surface area contributed by atoms with Gasteiger partial charge >= 0.3 is 0 Å². The molecule has 0 fully saturated rings. The first-order valence-corrected chi connectivity index (χ1v) is 8.80. The van der Waals surface area contributed by atoms with Gasteiger partial charge in [0.25, 0.3) is 0 Å². The number of hydrogen-bond acceptors (Lipinski definition) is 2. The van der Waals surface area contributed by atoms with Crippen LogP contribution in [-0.2, 0) is 0 Å². The van der Waals surface area contributed by atoms with Crippen molar-refractivity contribution in [2.75, 3.05) is 10.6 Å². The molecule has 4 aromatic carbocycles. The molecule has 0 unspecified atom stereocenters. The molecule has 124 valence electrons. The van der Waals surface area contributed by atoms with Gasteiger partial charge < -0.3 is 10.6 Å². The molecule has 4 aromatic rings. The summed E-state index contributed by atoms with van der Waals surface area (Å²) in [7, 11) is 0. The van der Waals surface area contributed by atoms with Crippen molar-refractivity contribution in [1.82, 2.24) is 0 Å². The molecule has 5 rings (SSSR count). The van der Waals surface area contributed by atoms with E-state index in [1.165, 1.54) is 22.3 Å². The summed E-state index contributed by atoms with van der Waals surface area (Å²) in [6, 6.07) is 33.9. The van der Waals surface area contributed by atoms with Crippen molar-refractivity contribution >= 4 is 22.7 Å². The van der Waals surface area contributed by atoms with Crippen LogP contribution in [0.4, 0.5) is 22.7 Å². The molecule has 0 saturated heterocycles. The van der Waals surface area contributed by atoms with Gasteiger partial charge in [-0.3, -0.25) is 0 Å². The maximum absolute atomic E-state index is 3.60. The summed E-state index contributed by atoms with van der Waals surface area (Å²) in [5.74, 6) is 0. The molecule has 2 nitrogen and oxygen atoms in total. The Balaban J connectivity index is 1.52. The van der Waals surface area contributed by atoms with Gasteiger partial charge in [0, 0.05) is 0 Å². The minimum Gasteiger partial charge on any atom is -0.352 e. The molecule has 26 heavy (non-hydrogen) atoms. The third kappa shape index (κ3) is 2.62. The van der Waals surface area contributed by atoms with Crippen LogP contribution in [0.25, 0.3) is 22.3 Å². The predicted octanol–water partition coefficient (Wildman–Crippen LogP) is 6.82. The first-order valence-electron chi connectivity index (χ1n) is 8.80. The summed E-state index contributed by atoms with van der Waals surface area (Å²) in [4.78, 5) is 0. The van der Waals surface area contributed by atoms with Gasteiger partial charge in [-0.25, -0.2) is 0 Å². The van der Waals surface area contributed by atoms with Crippen LogP contribution < -0.4 is 10.6 Å². The van der Waals surface area contributed by atoms with Crippen LogP contribution in [0.15, 0.2) is 97.1 Å². The highest BCUT2D eigenvalue weighted by molar-refractivity contribution is 5.93. The Bertz CT molecular complexity index is 983. The second-order valence-corrected chi connectivity index (χ2v) is 6.50. The van der Waals surface area contributed by atoms with E-state index in [9.17, 15) is 0 Å². The van der Waals surface area contributed by atoms with Crippen molar-refractivity contribution in [3.8, 4) is 22.3 Å². The highest BCUT2D eigenvalue weighted by Gasteiger charge is 2.15. The Morgan fingerprint density at radius 3 is 1.23 bits per heavy atom. The molecule has 0 radical (unpaired) electrons. The Morgan fingerprint density at radius 1 is 0.346 bits per heavy atom. The fraction of sp³-hybridized carbons (Fsp3) is 0. The van der Waals surface area contributed by atoms with E-state index in [1.54, 1.807) is 0 Å². The molecule has 1 aliphatic rings. The van der Waals surface area contributed by atoms with E-state index in [0.717, 1.165) is 22.7 Å². The molecule has 0 spiro atoms. The molecule has 0 atom stereocenters. The van der Waals surface area contributed by atoms with Gasteiger partial charge in [0.15, 0.2) is 0 Å². The Morgan fingerprint density at radius 2 is 0.769 bits per heavy atom. The van der Waals surface area contributed by atoms with Crippen molar-refractivity contribution in [3.05, 3.63) is 97.1 Å². The topological polar surface area (TPSA) is 24.1 Å². The van der Waals surface area contributed by atoms with E-state index in [4.69, 9.17) is 0 Å². The van der Waals surface area contributed by atoms with E-state index in [2.05, 4.69) is 95.6 Å². The fourth-order valence-electron chi connectivity index (χ4n) is 3.42. The lowest BCUT2D eigenvalue weighted by molar-refractivity contribution is 1.44. The molecular formula is C24H18N2. The highest BCUT2D eigenvalue weighted by Crippen LogP contribution is 2.41. The molecule has 1 aliphatic heterocycles. The number of fused-ring (bicyclic) bond motifs is 2. The number of anilines is 4. The van der Waals surface area contributed by atoms with Crippen molar-refractivity contribution in [2.24, 2.45) is 0 Å². The van der Waals surface area contributed by atoms with Crippen LogP contribution in [0.1, 0.15) is 0 Å². The van der Waals surface area contributed by atoms with Crippen molar-refractivity contribution in [1.29, 1.82) is 0 Å². The largest absolute Gasteiger partial charge is 0.352 e. The fourth-order valence-corrected chi connectivity index (χ4v) is 3.42. The maximum Gasteiger partial charge on any atom is 0.0630 e. The highest BCUT2D eigenvalue weighted by atomic mass is 15.0. The summed E-state index contributed by atoms with van der Waals surface area (Å²) >= 11 is 0. The third-order valence-electron chi connectivity index (χ3n) is 4.79. The van der Waals surface area contributed by atoms with Crippen molar-refractivity contribution in [3.63, 3.8) is 0 Å². The lowest BCUT2D eigenvalue weighted by Crippen LogP contribution is -2.06. The van der Waals surface area contributed by atoms with Gasteiger partial charge in [-0.05, 0) is 46.5 Å². The average molecular weight is 334 g/mol. The quantitative estimate of drug-likeness (QED) is 0.370. The minimum atomic E-state index is 1.10. The molecule has 0 bridgehead atoms. The summed E-state index contributed by atoms with van der Waals surface area (Å²) < 4.78 is 0. The molecule has 0 aliphatic carbocycles. The van der Waals surface area contributed by atoms with E-state index in [-0.39, 0.29) is 0 Å². The lowest BCUT2D eigenvalue weighted by Gasteiger charge is -2.24. The van der Waals surface area contributed by atoms with E-state index < -0.39 is 0 Å². The molecule has 0 amide bonds.